The molecule has 6 heteroatoms. The fraction of sp³-hybridized carbons (Fsp3) is 0.231. The monoisotopic (exact) mass is 449 g/mol. The van der Waals surface area contributed by atoms with Gasteiger partial charge in [-0.2, -0.15) is 0 Å². The average molecular weight is 450 g/mol. The van der Waals surface area contributed by atoms with E-state index in [1.807, 2.05) is 55.5 Å². The Hall–Kier alpha value is -3.31. The number of aliphatic carboxylic acids is 1. The molecule has 1 atom stereocenters. The number of hydrogen-bond acceptors (Lipinski definition) is 3. The van der Waals surface area contributed by atoms with E-state index in [9.17, 15) is 14.7 Å². The number of rotatable bonds is 7. The molecule has 0 aromatic heterocycles. The van der Waals surface area contributed by atoms with Gasteiger partial charge >= 0.3 is 12.1 Å². The maximum atomic E-state index is 12.5. The number of alkyl carbamates (subject to hydrolysis) is 1. The smallest absolute Gasteiger partial charge is 0.407 e. The summed E-state index contributed by atoms with van der Waals surface area (Å²) in [5.41, 5.74) is 6.35. The van der Waals surface area contributed by atoms with Crippen LogP contribution in [0.5, 0.6) is 0 Å². The Morgan fingerprint density at radius 2 is 1.62 bits per heavy atom. The van der Waals surface area contributed by atoms with E-state index in [1.165, 1.54) is 0 Å². The second-order valence-electron chi connectivity index (χ2n) is 7.92. The van der Waals surface area contributed by atoms with Crippen LogP contribution in [0, 0.1) is 6.92 Å². The van der Waals surface area contributed by atoms with E-state index in [1.54, 1.807) is 6.07 Å². The summed E-state index contributed by atoms with van der Waals surface area (Å²) >= 11 is 6.15. The molecule has 0 radical (unpaired) electrons. The number of amides is 1. The molecule has 2 N–H and O–H groups in total. The van der Waals surface area contributed by atoms with Crippen LogP contribution in [0.1, 0.15) is 34.6 Å². The second-order valence-corrected chi connectivity index (χ2v) is 8.33. The Balaban J connectivity index is 1.39. The lowest BCUT2D eigenvalue weighted by Crippen LogP contribution is -2.41. The minimum atomic E-state index is -1.10. The topological polar surface area (TPSA) is 75.6 Å². The number of ether oxygens (including phenoxy) is 1. The first-order valence-corrected chi connectivity index (χ1v) is 10.9. The highest BCUT2D eigenvalue weighted by atomic mass is 35.5. The first-order chi connectivity index (χ1) is 15.5. The number of halogens is 1. The van der Waals surface area contributed by atoms with Crippen molar-refractivity contribution in [2.45, 2.75) is 31.7 Å². The molecule has 32 heavy (non-hydrogen) atoms. The molecule has 3 aromatic carbocycles. The average Bonchev–Trinajstić information content (AvgIpc) is 3.11. The summed E-state index contributed by atoms with van der Waals surface area (Å²) < 4.78 is 5.48. The van der Waals surface area contributed by atoms with E-state index < -0.39 is 18.1 Å². The molecule has 0 heterocycles. The molecule has 1 amide bonds. The molecule has 164 valence electrons. The fourth-order valence-electron chi connectivity index (χ4n) is 4.26. The molecule has 0 aliphatic heterocycles. The van der Waals surface area contributed by atoms with Crippen LogP contribution in [0.2, 0.25) is 5.02 Å². The molecule has 3 aromatic rings. The number of carbonyl (C=O) groups is 2. The van der Waals surface area contributed by atoms with Crippen molar-refractivity contribution in [3.63, 3.8) is 0 Å². The Bertz CT molecular complexity index is 1110. The van der Waals surface area contributed by atoms with Crippen molar-refractivity contribution in [1.82, 2.24) is 5.32 Å². The van der Waals surface area contributed by atoms with E-state index in [0.29, 0.717) is 11.4 Å². The summed E-state index contributed by atoms with van der Waals surface area (Å²) in [6, 6.07) is 20.6. The second kappa shape index (κ2) is 9.45. The minimum absolute atomic E-state index is 0.0782. The summed E-state index contributed by atoms with van der Waals surface area (Å²) in [6.45, 7) is 2.03. The fourth-order valence-corrected chi connectivity index (χ4v) is 4.46. The SMILES string of the molecule is Cc1c(Cl)cccc1CC[C@H](NC(=O)OCC1c2ccccc2-c2ccccc21)C(=O)O. The van der Waals surface area contributed by atoms with E-state index in [2.05, 4.69) is 17.4 Å². The molecule has 0 bridgehead atoms. The summed E-state index contributed by atoms with van der Waals surface area (Å²) in [4.78, 5) is 24.2. The summed E-state index contributed by atoms with van der Waals surface area (Å²) in [6.07, 6.45) is -0.0182. The lowest BCUT2D eigenvalue weighted by atomic mass is 9.98. The van der Waals surface area contributed by atoms with Crippen molar-refractivity contribution in [3.8, 4) is 11.1 Å². The van der Waals surface area contributed by atoms with Crippen LogP contribution in [0.25, 0.3) is 11.1 Å². The van der Waals surface area contributed by atoms with Crippen LogP contribution >= 0.6 is 11.6 Å². The maximum absolute atomic E-state index is 12.5. The first kappa shape index (κ1) is 21.9. The molecule has 0 unspecified atom stereocenters. The highest BCUT2D eigenvalue weighted by Gasteiger charge is 2.29. The van der Waals surface area contributed by atoms with Gasteiger partial charge in [0.1, 0.15) is 12.6 Å². The molecule has 4 rings (SSSR count). The van der Waals surface area contributed by atoms with Crippen molar-refractivity contribution in [2.75, 3.05) is 6.61 Å². The number of aryl methyl sites for hydroxylation is 1. The first-order valence-electron chi connectivity index (χ1n) is 10.5. The van der Waals surface area contributed by atoms with E-state index in [-0.39, 0.29) is 18.9 Å². The zero-order valence-electron chi connectivity index (χ0n) is 17.7. The summed E-state index contributed by atoms with van der Waals surface area (Å²) in [5, 5.41) is 12.7. The molecule has 1 aliphatic rings. The Kier molecular flexibility index (Phi) is 6.47. The third kappa shape index (κ3) is 4.48. The molecule has 0 saturated carbocycles. The number of hydrogen-bond donors (Lipinski definition) is 2. The number of carbonyl (C=O) groups excluding carboxylic acids is 1. The largest absolute Gasteiger partial charge is 0.480 e. The quantitative estimate of drug-likeness (QED) is 0.494. The van der Waals surface area contributed by atoms with Gasteiger partial charge in [-0.25, -0.2) is 9.59 Å². The van der Waals surface area contributed by atoms with E-state index >= 15 is 0 Å². The van der Waals surface area contributed by atoms with Crippen LogP contribution in [0.3, 0.4) is 0 Å². The van der Waals surface area contributed by atoms with Gasteiger partial charge in [0.25, 0.3) is 0 Å². The molecular formula is C26H24ClNO4. The van der Waals surface area contributed by atoms with Crippen molar-refractivity contribution >= 4 is 23.7 Å². The molecule has 1 aliphatic carbocycles. The van der Waals surface area contributed by atoms with Crippen molar-refractivity contribution in [3.05, 3.63) is 94.0 Å². The van der Waals surface area contributed by atoms with Gasteiger partial charge in [0, 0.05) is 10.9 Å². The third-order valence-corrected chi connectivity index (χ3v) is 6.43. The van der Waals surface area contributed by atoms with Gasteiger partial charge in [0.15, 0.2) is 0 Å². The predicted molar refractivity (Wildman–Crippen MR) is 124 cm³/mol. The van der Waals surface area contributed by atoms with Gasteiger partial charge in [-0.3, -0.25) is 0 Å². The Morgan fingerprint density at radius 1 is 1.00 bits per heavy atom. The lowest BCUT2D eigenvalue weighted by molar-refractivity contribution is -0.139. The molecule has 0 fully saturated rings. The zero-order valence-corrected chi connectivity index (χ0v) is 18.4. The highest BCUT2D eigenvalue weighted by molar-refractivity contribution is 6.31. The van der Waals surface area contributed by atoms with E-state index in [0.717, 1.165) is 33.4 Å². The van der Waals surface area contributed by atoms with Crippen LogP contribution in [-0.4, -0.2) is 29.8 Å². The van der Waals surface area contributed by atoms with Gasteiger partial charge in [-0.05, 0) is 59.2 Å². The van der Waals surface area contributed by atoms with Crippen LogP contribution in [0.4, 0.5) is 4.79 Å². The standard InChI is InChI=1S/C26H24ClNO4/c1-16-17(7-6-12-23(16)27)13-14-24(25(29)30)28-26(31)32-15-22-20-10-4-2-8-18(20)19-9-3-5-11-21(19)22/h2-12,22,24H,13-15H2,1H3,(H,28,31)(H,29,30)/t24-/m0/s1. The Labute approximate surface area is 192 Å². The van der Waals surface area contributed by atoms with Crippen LogP contribution in [0.15, 0.2) is 66.7 Å². The van der Waals surface area contributed by atoms with Crippen molar-refractivity contribution < 1.29 is 19.4 Å². The number of carboxylic acids is 1. The molecule has 0 spiro atoms. The lowest BCUT2D eigenvalue weighted by Gasteiger charge is -2.18. The van der Waals surface area contributed by atoms with Gasteiger partial charge in [-0.15, -0.1) is 0 Å². The van der Waals surface area contributed by atoms with Crippen molar-refractivity contribution in [1.29, 1.82) is 0 Å². The predicted octanol–water partition coefficient (Wildman–Crippen LogP) is 5.57. The van der Waals surface area contributed by atoms with Gasteiger partial charge in [-0.1, -0.05) is 72.3 Å². The highest BCUT2D eigenvalue weighted by Crippen LogP contribution is 2.44. The van der Waals surface area contributed by atoms with Crippen LogP contribution < -0.4 is 5.32 Å². The normalized spacial score (nSPS) is 13.2. The van der Waals surface area contributed by atoms with Gasteiger partial charge < -0.3 is 15.2 Å². The van der Waals surface area contributed by atoms with Gasteiger partial charge in [0.05, 0.1) is 0 Å². The maximum Gasteiger partial charge on any atom is 0.407 e. The number of benzene rings is 3. The summed E-state index contributed by atoms with van der Waals surface area (Å²) in [5.74, 6) is -1.18. The minimum Gasteiger partial charge on any atom is -0.480 e. The summed E-state index contributed by atoms with van der Waals surface area (Å²) in [7, 11) is 0. The molecular weight excluding hydrogens is 426 g/mol. The third-order valence-electron chi connectivity index (χ3n) is 6.02. The number of nitrogens with one attached hydrogen (secondary N) is 1. The Morgan fingerprint density at radius 3 is 2.25 bits per heavy atom. The van der Waals surface area contributed by atoms with E-state index in [4.69, 9.17) is 16.3 Å². The van der Waals surface area contributed by atoms with Crippen molar-refractivity contribution in [2.24, 2.45) is 0 Å². The zero-order chi connectivity index (χ0) is 22.7. The van der Waals surface area contributed by atoms with Crippen LogP contribution in [-0.2, 0) is 16.0 Å². The molecule has 0 saturated heterocycles. The number of carboxylic acid groups (broad SMARTS) is 1. The van der Waals surface area contributed by atoms with Gasteiger partial charge in [0.2, 0.25) is 0 Å². The molecule has 5 nitrogen and oxygen atoms in total. The number of fused-ring (bicyclic) bond motifs is 3.